The summed E-state index contributed by atoms with van der Waals surface area (Å²) in [7, 11) is -3.46. The number of nitrogens with one attached hydrogen (secondary N) is 1. The van der Waals surface area contributed by atoms with Crippen LogP contribution >= 0.6 is 0 Å². The van der Waals surface area contributed by atoms with Gasteiger partial charge in [-0.1, -0.05) is 20.3 Å². The molecule has 0 aliphatic carbocycles. The maximum Gasteiger partial charge on any atom is 0.303 e. The Morgan fingerprint density at radius 3 is 2.47 bits per heavy atom. The van der Waals surface area contributed by atoms with Crippen LogP contribution in [0.1, 0.15) is 39.5 Å². The van der Waals surface area contributed by atoms with Gasteiger partial charge in [0, 0.05) is 26.1 Å². The second-order valence-electron chi connectivity index (χ2n) is 5.31. The van der Waals surface area contributed by atoms with E-state index in [9.17, 15) is 13.2 Å². The quantitative estimate of drug-likeness (QED) is 0.734. The number of carboxylic acids is 1. The summed E-state index contributed by atoms with van der Waals surface area (Å²) in [6.45, 7) is 5.28. The lowest BCUT2D eigenvalue weighted by Gasteiger charge is -2.29. The summed E-state index contributed by atoms with van der Waals surface area (Å²) >= 11 is 0. The Balaban J connectivity index is 2.47. The molecule has 0 radical (unpaired) electrons. The Kier molecular flexibility index (Phi) is 6.22. The lowest BCUT2D eigenvalue weighted by molar-refractivity contribution is -0.138. The third-order valence-electron chi connectivity index (χ3n) is 3.68. The van der Waals surface area contributed by atoms with E-state index in [1.165, 1.54) is 4.31 Å². The highest BCUT2D eigenvalue weighted by molar-refractivity contribution is 7.87. The Morgan fingerprint density at radius 2 is 2.00 bits per heavy atom. The number of piperidine rings is 1. The fraction of sp³-hybridized carbons (Fsp3) is 0.917. The molecule has 1 aliphatic heterocycles. The van der Waals surface area contributed by atoms with Crippen molar-refractivity contribution in [3.05, 3.63) is 0 Å². The lowest BCUT2D eigenvalue weighted by Crippen LogP contribution is -2.46. The molecule has 6 nitrogen and oxygen atoms in total. The largest absolute Gasteiger partial charge is 0.481 e. The first-order chi connectivity index (χ1) is 8.85. The van der Waals surface area contributed by atoms with Gasteiger partial charge in [-0.05, 0) is 24.7 Å². The van der Waals surface area contributed by atoms with E-state index in [0.717, 1.165) is 12.8 Å². The van der Waals surface area contributed by atoms with Crippen molar-refractivity contribution >= 4 is 16.2 Å². The first kappa shape index (κ1) is 16.4. The maximum absolute atomic E-state index is 12.1. The van der Waals surface area contributed by atoms with Crippen molar-refractivity contribution in [3.63, 3.8) is 0 Å². The van der Waals surface area contributed by atoms with Crippen LogP contribution in [0.4, 0.5) is 0 Å². The van der Waals surface area contributed by atoms with Crippen molar-refractivity contribution in [2.24, 2.45) is 11.8 Å². The summed E-state index contributed by atoms with van der Waals surface area (Å²) < 4.78 is 28.1. The van der Waals surface area contributed by atoms with Crippen LogP contribution < -0.4 is 4.72 Å². The number of hydrogen-bond acceptors (Lipinski definition) is 3. The van der Waals surface area contributed by atoms with E-state index >= 15 is 0 Å². The molecule has 1 atom stereocenters. The average Bonchev–Trinajstić information content (AvgIpc) is 2.34. The van der Waals surface area contributed by atoms with Gasteiger partial charge in [-0.3, -0.25) is 4.79 Å². The highest BCUT2D eigenvalue weighted by Crippen LogP contribution is 2.18. The molecule has 1 heterocycles. The molecule has 19 heavy (non-hydrogen) atoms. The van der Waals surface area contributed by atoms with E-state index in [2.05, 4.69) is 11.6 Å². The predicted octanol–water partition coefficient (Wildman–Crippen LogP) is 1.05. The maximum atomic E-state index is 12.1. The highest BCUT2D eigenvalue weighted by atomic mass is 32.2. The molecule has 0 aromatic heterocycles. The zero-order chi connectivity index (χ0) is 14.5. The van der Waals surface area contributed by atoms with Gasteiger partial charge < -0.3 is 5.11 Å². The minimum atomic E-state index is -3.46. The predicted molar refractivity (Wildman–Crippen MR) is 72.9 cm³/mol. The Labute approximate surface area is 115 Å². The zero-order valence-electron chi connectivity index (χ0n) is 11.6. The zero-order valence-corrected chi connectivity index (χ0v) is 12.4. The minimum absolute atomic E-state index is 0.00391. The molecule has 112 valence electrons. The Morgan fingerprint density at radius 1 is 1.42 bits per heavy atom. The number of rotatable bonds is 7. The summed E-state index contributed by atoms with van der Waals surface area (Å²) in [6.07, 6.45) is 2.41. The van der Waals surface area contributed by atoms with Crippen LogP contribution in [0.25, 0.3) is 0 Å². The molecular formula is C12H24N2O4S. The van der Waals surface area contributed by atoms with E-state index in [-0.39, 0.29) is 18.9 Å². The van der Waals surface area contributed by atoms with Crippen LogP contribution in [0.5, 0.6) is 0 Å². The van der Waals surface area contributed by atoms with Crippen LogP contribution in [-0.4, -0.2) is 43.4 Å². The Bertz CT molecular complexity index is 389. The second kappa shape index (κ2) is 7.21. The van der Waals surface area contributed by atoms with E-state index in [4.69, 9.17) is 5.11 Å². The monoisotopic (exact) mass is 292 g/mol. The lowest BCUT2D eigenvalue weighted by atomic mass is 10.0. The molecule has 1 unspecified atom stereocenters. The fourth-order valence-corrected chi connectivity index (χ4v) is 3.47. The standard InChI is InChI=1S/C12H24N2O4S/c1-3-11(8-12(15)16)9-13-19(17,18)14-6-4-10(2)5-7-14/h10-11,13H,3-9H2,1-2H3,(H,15,16). The van der Waals surface area contributed by atoms with Gasteiger partial charge >= 0.3 is 5.97 Å². The molecule has 0 aromatic rings. The van der Waals surface area contributed by atoms with Crippen molar-refractivity contribution in [2.75, 3.05) is 19.6 Å². The van der Waals surface area contributed by atoms with Crippen LogP contribution in [-0.2, 0) is 15.0 Å². The van der Waals surface area contributed by atoms with Gasteiger partial charge in [-0.2, -0.15) is 12.7 Å². The summed E-state index contributed by atoms with van der Waals surface area (Å²) in [5, 5.41) is 8.73. The molecule has 1 aliphatic rings. The molecule has 0 spiro atoms. The van der Waals surface area contributed by atoms with E-state index < -0.39 is 16.2 Å². The van der Waals surface area contributed by atoms with E-state index in [1.807, 2.05) is 6.92 Å². The van der Waals surface area contributed by atoms with Gasteiger partial charge in [-0.15, -0.1) is 0 Å². The summed E-state index contributed by atoms with van der Waals surface area (Å²) in [5.74, 6) is -0.476. The number of hydrogen-bond donors (Lipinski definition) is 2. The van der Waals surface area contributed by atoms with Gasteiger partial charge in [0.05, 0.1) is 0 Å². The first-order valence-electron chi connectivity index (χ1n) is 6.81. The van der Waals surface area contributed by atoms with Crippen molar-refractivity contribution < 1.29 is 18.3 Å². The van der Waals surface area contributed by atoms with Gasteiger partial charge in [-0.25, -0.2) is 4.72 Å². The minimum Gasteiger partial charge on any atom is -0.481 e. The van der Waals surface area contributed by atoms with Crippen molar-refractivity contribution in [1.29, 1.82) is 0 Å². The molecular weight excluding hydrogens is 268 g/mol. The molecule has 1 rings (SSSR count). The van der Waals surface area contributed by atoms with Gasteiger partial charge in [0.1, 0.15) is 0 Å². The summed E-state index contributed by atoms with van der Waals surface area (Å²) in [6, 6.07) is 0. The topological polar surface area (TPSA) is 86.7 Å². The SMILES string of the molecule is CCC(CNS(=O)(=O)N1CCC(C)CC1)CC(=O)O. The third kappa shape index (κ3) is 5.46. The molecule has 0 bridgehead atoms. The number of carbonyl (C=O) groups is 1. The third-order valence-corrected chi connectivity index (χ3v) is 5.25. The summed E-state index contributed by atoms with van der Waals surface area (Å²) in [5.41, 5.74) is 0. The average molecular weight is 292 g/mol. The van der Waals surface area contributed by atoms with Crippen LogP contribution in [0.15, 0.2) is 0 Å². The van der Waals surface area contributed by atoms with Crippen molar-refractivity contribution in [2.45, 2.75) is 39.5 Å². The van der Waals surface area contributed by atoms with E-state index in [1.54, 1.807) is 0 Å². The second-order valence-corrected chi connectivity index (χ2v) is 7.06. The van der Waals surface area contributed by atoms with Gasteiger partial charge in [0.15, 0.2) is 0 Å². The van der Waals surface area contributed by atoms with Crippen LogP contribution in [0.3, 0.4) is 0 Å². The summed E-state index contributed by atoms with van der Waals surface area (Å²) in [4.78, 5) is 10.6. The molecule has 0 saturated carbocycles. The Hall–Kier alpha value is -0.660. The normalized spacial score (nSPS) is 20.3. The van der Waals surface area contributed by atoms with Crippen LogP contribution in [0.2, 0.25) is 0 Å². The first-order valence-corrected chi connectivity index (χ1v) is 8.25. The molecule has 0 amide bonds. The molecule has 2 N–H and O–H groups in total. The van der Waals surface area contributed by atoms with Gasteiger partial charge in [0.25, 0.3) is 10.2 Å². The highest BCUT2D eigenvalue weighted by Gasteiger charge is 2.26. The molecule has 0 aromatic carbocycles. The fourth-order valence-electron chi connectivity index (χ4n) is 2.15. The molecule has 1 saturated heterocycles. The molecule has 7 heteroatoms. The smallest absolute Gasteiger partial charge is 0.303 e. The van der Waals surface area contributed by atoms with Crippen LogP contribution in [0, 0.1) is 11.8 Å². The number of carboxylic acid groups (broad SMARTS) is 1. The number of nitrogens with zero attached hydrogens (tertiary/aromatic N) is 1. The van der Waals surface area contributed by atoms with Gasteiger partial charge in [0.2, 0.25) is 0 Å². The number of aliphatic carboxylic acids is 1. The van der Waals surface area contributed by atoms with Crippen molar-refractivity contribution in [3.8, 4) is 0 Å². The van der Waals surface area contributed by atoms with E-state index in [0.29, 0.717) is 25.4 Å². The molecule has 1 fully saturated rings. The van der Waals surface area contributed by atoms with Crippen molar-refractivity contribution in [1.82, 2.24) is 9.03 Å².